The lowest BCUT2D eigenvalue weighted by atomic mass is 10.2. The zero-order valence-electron chi connectivity index (χ0n) is 11.9. The summed E-state index contributed by atoms with van der Waals surface area (Å²) >= 11 is 2.74. The molecule has 0 radical (unpaired) electrons. The molecule has 1 amide bonds. The maximum atomic E-state index is 12.2. The van der Waals surface area contributed by atoms with Gasteiger partial charge in [-0.1, -0.05) is 0 Å². The molecule has 7 heteroatoms. The fourth-order valence-electron chi connectivity index (χ4n) is 2.24. The molecule has 1 aromatic carbocycles. The van der Waals surface area contributed by atoms with E-state index in [0.717, 1.165) is 39.0 Å². The van der Waals surface area contributed by atoms with Crippen LogP contribution < -0.4 is 5.32 Å². The molecule has 5 nitrogen and oxygen atoms in total. The van der Waals surface area contributed by atoms with Gasteiger partial charge in [0.05, 0.1) is 24.5 Å². The number of carbonyl (C=O) groups excluding carboxylic acids is 1. The molecule has 23 heavy (non-hydrogen) atoms. The van der Waals surface area contributed by atoms with E-state index < -0.39 is 0 Å². The summed E-state index contributed by atoms with van der Waals surface area (Å²) in [5, 5.41) is 4.95. The molecule has 0 atom stereocenters. The molecule has 0 saturated carbocycles. The lowest BCUT2D eigenvalue weighted by Crippen LogP contribution is -2.22. The first kappa shape index (κ1) is 14.1. The van der Waals surface area contributed by atoms with Gasteiger partial charge in [0.1, 0.15) is 16.8 Å². The zero-order valence-corrected chi connectivity index (χ0v) is 13.5. The molecular formula is C16H11N3O2S2. The largest absolute Gasteiger partial charge is 0.464 e. The number of benzene rings is 1. The van der Waals surface area contributed by atoms with Crippen molar-refractivity contribution in [3.05, 3.63) is 58.5 Å². The van der Waals surface area contributed by atoms with Crippen LogP contribution in [0.1, 0.15) is 15.2 Å². The summed E-state index contributed by atoms with van der Waals surface area (Å²) < 4.78 is 13.7. The molecule has 0 spiro atoms. The van der Waals surface area contributed by atoms with Crippen molar-refractivity contribution < 1.29 is 9.21 Å². The van der Waals surface area contributed by atoms with Crippen molar-refractivity contribution in [3.63, 3.8) is 0 Å². The molecule has 0 aliphatic rings. The van der Waals surface area contributed by atoms with Gasteiger partial charge in [0.2, 0.25) is 0 Å². The van der Waals surface area contributed by atoms with Crippen molar-refractivity contribution in [1.82, 2.24) is 14.1 Å². The number of nitrogens with zero attached hydrogens (tertiary/aromatic N) is 2. The summed E-state index contributed by atoms with van der Waals surface area (Å²) in [7, 11) is 0. The first-order valence-corrected chi connectivity index (χ1v) is 8.52. The predicted molar refractivity (Wildman–Crippen MR) is 90.6 cm³/mol. The minimum atomic E-state index is -0.118. The Bertz CT molecular complexity index is 957. The average molecular weight is 341 g/mol. The Morgan fingerprint density at radius 2 is 2.09 bits per heavy atom. The Balaban J connectivity index is 1.45. The summed E-state index contributed by atoms with van der Waals surface area (Å²) in [5.74, 6) is 0.716. The van der Waals surface area contributed by atoms with E-state index in [2.05, 4.69) is 14.1 Å². The van der Waals surface area contributed by atoms with E-state index in [1.54, 1.807) is 29.7 Å². The second-order valence-corrected chi connectivity index (χ2v) is 6.45. The molecule has 114 valence electrons. The fraction of sp³-hybridized carbons (Fsp3) is 0.0625. The van der Waals surface area contributed by atoms with Gasteiger partial charge in [-0.05, 0) is 36.4 Å². The van der Waals surface area contributed by atoms with Crippen molar-refractivity contribution in [2.24, 2.45) is 0 Å². The molecule has 0 saturated heterocycles. The van der Waals surface area contributed by atoms with Crippen molar-refractivity contribution >= 4 is 40.0 Å². The fourth-order valence-corrected chi connectivity index (χ4v) is 3.57. The van der Waals surface area contributed by atoms with E-state index in [1.165, 1.54) is 0 Å². The number of fused-ring (bicyclic) bond motifs is 1. The Morgan fingerprint density at radius 3 is 2.96 bits per heavy atom. The number of thiophene rings is 1. The number of amides is 1. The van der Waals surface area contributed by atoms with Crippen molar-refractivity contribution in [1.29, 1.82) is 0 Å². The van der Waals surface area contributed by atoms with Gasteiger partial charge in [-0.3, -0.25) is 4.79 Å². The standard InChI is InChI=1S/C16H11N3O2S2/c20-16(10-3-4-13-14(7-10)19-23-18-13)17-8-12-6-11(9-22-12)15-2-1-5-21-15/h1-7,9H,8H2,(H,17,20). The number of furan rings is 1. The SMILES string of the molecule is O=C(NCc1cc(-c2ccco2)cs1)c1ccc2nsnc2c1. The van der Waals surface area contributed by atoms with Gasteiger partial charge in [-0.15, -0.1) is 11.3 Å². The third-order valence-electron chi connectivity index (χ3n) is 3.40. The molecule has 3 heterocycles. The number of hydrogen-bond acceptors (Lipinski definition) is 6. The highest BCUT2D eigenvalue weighted by Crippen LogP contribution is 2.25. The van der Waals surface area contributed by atoms with E-state index in [9.17, 15) is 4.79 Å². The Hall–Kier alpha value is -2.51. The molecule has 4 aromatic rings. The van der Waals surface area contributed by atoms with E-state index in [0.29, 0.717) is 12.1 Å². The van der Waals surface area contributed by atoms with E-state index >= 15 is 0 Å². The van der Waals surface area contributed by atoms with Gasteiger partial charge >= 0.3 is 0 Å². The van der Waals surface area contributed by atoms with Crippen LogP contribution >= 0.6 is 23.1 Å². The number of carbonyl (C=O) groups is 1. The van der Waals surface area contributed by atoms with Gasteiger partial charge in [0, 0.05) is 21.4 Å². The number of nitrogens with one attached hydrogen (secondary N) is 1. The first-order chi connectivity index (χ1) is 11.3. The van der Waals surface area contributed by atoms with Crippen LogP contribution in [0.4, 0.5) is 0 Å². The monoisotopic (exact) mass is 341 g/mol. The van der Waals surface area contributed by atoms with Crippen LogP contribution in [0.2, 0.25) is 0 Å². The third kappa shape index (κ3) is 2.88. The summed E-state index contributed by atoms with van der Waals surface area (Å²) in [6.07, 6.45) is 1.65. The van der Waals surface area contributed by atoms with E-state index in [1.807, 2.05) is 29.6 Å². The van der Waals surface area contributed by atoms with Crippen LogP contribution in [0.5, 0.6) is 0 Å². The smallest absolute Gasteiger partial charge is 0.251 e. The lowest BCUT2D eigenvalue weighted by Gasteiger charge is -2.03. The summed E-state index contributed by atoms with van der Waals surface area (Å²) in [4.78, 5) is 13.3. The van der Waals surface area contributed by atoms with Gasteiger partial charge in [0.15, 0.2) is 0 Å². The van der Waals surface area contributed by atoms with Gasteiger partial charge in [-0.25, -0.2) is 0 Å². The van der Waals surface area contributed by atoms with Gasteiger partial charge < -0.3 is 9.73 Å². The Labute approximate surface area is 139 Å². The minimum absolute atomic E-state index is 0.118. The topological polar surface area (TPSA) is 68.0 Å². The summed E-state index contributed by atoms with van der Waals surface area (Å²) in [5.41, 5.74) is 3.18. The van der Waals surface area contributed by atoms with Crippen LogP contribution in [-0.4, -0.2) is 14.7 Å². The maximum Gasteiger partial charge on any atom is 0.251 e. The van der Waals surface area contributed by atoms with Crippen LogP contribution in [0.15, 0.2) is 52.5 Å². The number of rotatable bonds is 4. The van der Waals surface area contributed by atoms with E-state index in [-0.39, 0.29) is 5.91 Å². The van der Waals surface area contributed by atoms with Crippen LogP contribution in [0.25, 0.3) is 22.4 Å². The predicted octanol–water partition coefficient (Wildman–Crippen LogP) is 3.94. The molecule has 0 fully saturated rings. The lowest BCUT2D eigenvalue weighted by molar-refractivity contribution is 0.0951. The van der Waals surface area contributed by atoms with Crippen molar-refractivity contribution in [3.8, 4) is 11.3 Å². The second kappa shape index (κ2) is 5.94. The number of aromatic nitrogens is 2. The summed E-state index contributed by atoms with van der Waals surface area (Å²) in [6.45, 7) is 0.484. The number of hydrogen-bond donors (Lipinski definition) is 1. The van der Waals surface area contributed by atoms with Crippen molar-refractivity contribution in [2.75, 3.05) is 0 Å². The summed E-state index contributed by atoms with van der Waals surface area (Å²) in [6, 6.07) is 11.1. The molecule has 0 unspecified atom stereocenters. The molecular weight excluding hydrogens is 330 g/mol. The van der Waals surface area contributed by atoms with E-state index in [4.69, 9.17) is 4.42 Å². The minimum Gasteiger partial charge on any atom is -0.464 e. The Kier molecular flexibility index (Phi) is 3.64. The third-order valence-corrected chi connectivity index (χ3v) is 4.89. The molecule has 0 aliphatic heterocycles. The average Bonchev–Trinajstić information content (AvgIpc) is 3.32. The maximum absolute atomic E-state index is 12.2. The molecule has 1 N–H and O–H groups in total. The van der Waals surface area contributed by atoms with Gasteiger partial charge in [-0.2, -0.15) is 8.75 Å². The molecule has 4 rings (SSSR count). The first-order valence-electron chi connectivity index (χ1n) is 6.91. The van der Waals surface area contributed by atoms with Crippen LogP contribution in [0, 0.1) is 0 Å². The van der Waals surface area contributed by atoms with Crippen LogP contribution in [-0.2, 0) is 6.54 Å². The zero-order chi connectivity index (χ0) is 15.6. The quantitative estimate of drug-likeness (QED) is 0.610. The molecule has 0 aliphatic carbocycles. The highest BCUT2D eigenvalue weighted by Gasteiger charge is 2.10. The highest BCUT2D eigenvalue weighted by atomic mass is 32.1. The normalized spacial score (nSPS) is 11.0. The van der Waals surface area contributed by atoms with Crippen molar-refractivity contribution in [2.45, 2.75) is 6.54 Å². The molecule has 3 aromatic heterocycles. The molecule has 0 bridgehead atoms. The Morgan fingerprint density at radius 1 is 1.17 bits per heavy atom. The van der Waals surface area contributed by atoms with Crippen LogP contribution in [0.3, 0.4) is 0 Å². The highest BCUT2D eigenvalue weighted by molar-refractivity contribution is 7.10. The second-order valence-electron chi connectivity index (χ2n) is 4.93. The van der Waals surface area contributed by atoms with Gasteiger partial charge in [0.25, 0.3) is 5.91 Å².